The monoisotopic (exact) mass is 261 g/mol. The third-order valence-electron chi connectivity index (χ3n) is 2.64. The number of thiocarbonyl (C=S) groups is 1. The normalized spacial score (nSPS) is 10.6. The van der Waals surface area contributed by atoms with Crippen LogP contribution in [0.2, 0.25) is 0 Å². The molecule has 0 rings (SSSR count). The minimum Gasteiger partial charge on any atom is -0.385 e. The minimum absolute atomic E-state index is 0.751. The minimum atomic E-state index is 0.751. The van der Waals surface area contributed by atoms with Crippen LogP contribution < -0.4 is 10.6 Å². The van der Waals surface area contributed by atoms with E-state index in [0.717, 1.165) is 57.3 Å². The van der Waals surface area contributed by atoms with Gasteiger partial charge in [0.2, 0.25) is 0 Å². The Bertz CT molecular complexity index is 187. The van der Waals surface area contributed by atoms with E-state index in [1.165, 1.54) is 0 Å². The maximum atomic E-state index is 5.16. The Morgan fingerprint density at radius 1 is 1.12 bits per heavy atom. The molecular formula is C12H27N3OS. The third kappa shape index (κ3) is 10.5. The maximum absolute atomic E-state index is 5.16. The number of ether oxygens (including phenoxy) is 1. The first-order valence-electron chi connectivity index (χ1n) is 6.47. The van der Waals surface area contributed by atoms with Crippen LogP contribution in [0.15, 0.2) is 0 Å². The van der Waals surface area contributed by atoms with Crippen molar-refractivity contribution in [1.29, 1.82) is 0 Å². The van der Waals surface area contributed by atoms with E-state index in [1.807, 2.05) is 0 Å². The first-order chi connectivity index (χ1) is 8.24. The fourth-order valence-electron chi connectivity index (χ4n) is 1.53. The largest absolute Gasteiger partial charge is 0.385 e. The summed E-state index contributed by atoms with van der Waals surface area (Å²) < 4.78 is 4.96. The highest BCUT2D eigenvalue weighted by Gasteiger charge is 1.98. The van der Waals surface area contributed by atoms with Crippen LogP contribution in [0.1, 0.15) is 26.7 Å². The molecule has 0 aromatic heterocycles. The highest BCUT2D eigenvalue weighted by Crippen LogP contribution is 1.89. The summed E-state index contributed by atoms with van der Waals surface area (Å²) in [4.78, 5) is 2.41. The smallest absolute Gasteiger partial charge is 0.166 e. The van der Waals surface area contributed by atoms with Crippen molar-refractivity contribution in [2.24, 2.45) is 0 Å². The number of nitrogens with one attached hydrogen (secondary N) is 2. The van der Waals surface area contributed by atoms with Gasteiger partial charge in [-0.05, 0) is 44.7 Å². The molecule has 0 aliphatic rings. The van der Waals surface area contributed by atoms with Crippen LogP contribution in [0.4, 0.5) is 0 Å². The van der Waals surface area contributed by atoms with E-state index in [4.69, 9.17) is 17.0 Å². The summed E-state index contributed by atoms with van der Waals surface area (Å²) in [6.07, 6.45) is 2.11. The molecule has 102 valence electrons. The second-order valence-electron chi connectivity index (χ2n) is 3.91. The van der Waals surface area contributed by atoms with Crippen molar-refractivity contribution in [3.8, 4) is 0 Å². The Kier molecular flexibility index (Phi) is 11.8. The van der Waals surface area contributed by atoms with E-state index in [9.17, 15) is 0 Å². The first kappa shape index (κ1) is 16.6. The van der Waals surface area contributed by atoms with E-state index in [0.29, 0.717) is 0 Å². The van der Waals surface area contributed by atoms with Crippen LogP contribution in [0, 0.1) is 0 Å². The molecule has 0 unspecified atom stereocenters. The maximum Gasteiger partial charge on any atom is 0.166 e. The van der Waals surface area contributed by atoms with Gasteiger partial charge in [-0.1, -0.05) is 13.8 Å². The Morgan fingerprint density at radius 2 is 1.71 bits per heavy atom. The van der Waals surface area contributed by atoms with Gasteiger partial charge in [-0.15, -0.1) is 0 Å². The summed E-state index contributed by atoms with van der Waals surface area (Å²) in [5.74, 6) is 0. The zero-order valence-electron chi connectivity index (χ0n) is 11.4. The van der Waals surface area contributed by atoms with Crippen molar-refractivity contribution >= 4 is 17.3 Å². The Balaban J connectivity index is 3.32. The van der Waals surface area contributed by atoms with Crippen molar-refractivity contribution in [2.45, 2.75) is 26.7 Å². The van der Waals surface area contributed by atoms with Crippen molar-refractivity contribution in [1.82, 2.24) is 15.5 Å². The topological polar surface area (TPSA) is 36.5 Å². The molecule has 0 aromatic rings. The standard InChI is InChI=1S/C12H27N3OS/c1-4-15(5-2)10-6-8-13-12(17)14-9-7-11-16-3/h4-11H2,1-3H3,(H2,13,14,17). The van der Waals surface area contributed by atoms with Crippen molar-refractivity contribution in [2.75, 3.05) is 46.4 Å². The number of hydrogen-bond donors (Lipinski definition) is 2. The van der Waals surface area contributed by atoms with Crippen LogP contribution in [0.5, 0.6) is 0 Å². The quantitative estimate of drug-likeness (QED) is 0.457. The van der Waals surface area contributed by atoms with Gasteiger partial charge in [-0.25, -0.2) is 0 Å². The van der Waals surface area contributed by atoms with Gasteiger partial charge in [-0.2, -0.15) is 0 Å². The first-order valence-corrected chi connectivity index (χ1v) is 6.88. The van der Waals surface area contributed by atoms with Crippen LogP contribution in [-0.2, 0) is 4.74 Å². The van der Waals surface area contributed by atoms with Gasteiger partial charge in [0.15, 0.2) is 5.11 Å². The fourth-order valence-corrected chi connectivity index (χ4v) is 1.73. The fraction of sp³-hybridized carbons (Fsp3) is 0.917. The van der Waals surface area contributed by atoms with Gasteiger partial charge in [0, 0.05) is 26.8 Å². The van der Waals surface area contributed by atoms with Gasteiger partial charge in [0.1, 0.15) is 0 Å². The lowest BCUT2D eigenvalue weighted by atomic mass is 10.3. The second-order valence-corrected chi connectivity index (χ2v) is 4.32. The molecule has 4 nitrogen and oxygen atoms in total. The molecular weight excluding hydrogens is 234 g/mol. The zero-order chi connectivity index (χ0) is 12.9. The molecule has 5 heteroatoms. The summed E-state index contributed by atoms with van der Waals surface area (Å²) in [5, 5.41) is 7.13. The van der Waals surface area contributed by atoms with E-state index in [-0.39, 0.29) is 0 Å². The molecule has 0 bridgehead atoms. The number of methoxy groups -OCH3 is 1. The van der Waals surface area contributed by atoms with Crippen LogP contribution in [0.25, 0.3) is 0 Å². The lowest BCUT2D eigenvalue weighted by molar-refractivity contribution is 0.195. The summed E-state index contributed by atoms with van der Waals surface area (Å²) in [6.45, 7) is 10.3. The number of nitrogens with zero attached hydrogens (tertiary/aromatic N) is 1. The molecule has 2 N–H and O–H groups in total. The Morgan fingerprint density at radius 3 is 2.24 bits per heavy atom. The Labute approximate surface area is 111 Å². The average molecular weight is 261 g/mol. The molecule has 0 saturated heterocycles. The molecule has 0 atom stereocenters. The molecule has 0 spiro atoms. The van der Waals surface area contributed by atoms with Gasteiger partial charge in [-0.3, -0.25) is 0 Å². The van der Waals surface area contributed by atoms with Gasteiger partial charge >= 0.3 is 0 Å². The van der Waals surface area contributed by atoms with Crippen LogP contribution in [-0.4, -0.2) is 56.5 Å². The average Bonchev–Trinajstić information content (AvgIpc) is 2.35. The van der Waals surface area contributed by atoms with Crippen molar-refractivity contribution in [3.05, 3.63) is 0 Å². The van der Waals surface area contributed by atoms with Gasteiger partial charge < -0.3 is 20.3 Å². The summed E-state index contributed by atoms with van der Waals surface area (Å²) in [5.41, 5.74) is 0. The molecule has 0 saturated carbocycles. The predicted octanol–water partition coefficient (Wildman–Crippen LogP) is 1.22. The molecule has 0 aromatic carbocycles. The highest BCUT2D eigenvalue weighted by atomic mass is 32.1. The lowest BCUT2D eigenvalue weighted by Gasteiger charge is -2.18. The molecule has 17 heavy (non-hydrogen) atoms. The molecule has 0 aliphatic heterocycles. The molecule has 0 fully saturated rings. The van der Waals surface area contributed by atoms with Gasteiger partial charge in [0.05, 0.1) is 0 Å². The molecule has 0 radical (unpaired) electrons. The Hall–Kier alpha value is -0.390. The summed E-state index contributed by atoms with van der Waals surface area (Å²) in [7, 11) is 1.71. The summed E-state index contributed by atoms with van der Waals surface area (Å²) >= 11 is 5.16. The third-order valence-corrected chi connectivity index (χ3v) is 2.93. The number of rotatable bonds is 10. The van der Waals surface area contributed by atoms with E-state index in [2.05, 4.69) is 29.4 Å². The molecule has 0 amide bonds. The van der Waals surface area contributed by atoms with E-state index >= 15 is 0 Å². The zero-order valence-corrected chi connectivity index (χ0v) is 12.2. The van der Waals surface area contributed by atoms with Crippen LogP contribution in [0.3, 0.4) is 0 Å². The predicted molar refractivity (Wildman–Crippen MR) is 77.5 cm³/mol. The van der Waals surface area contributed by atoms with Crippen molar-refractivity contribution < 1.29 is 4.74 Å². The molecule has 0 aliphatic carbocycles. The van der Waals surface area contributed by atoms with E-state index in [1.54, 1.807) is 7.11 Å². The van der Waals surface area contributed by atoms with E-state index < -0.39 is 0 Å². The second kappa shape index (κ2) is 12.1. The number of hydrogen-bond acceptors (Lipinski definition) is 3. The highest BCUT2D eigenvalue weighted by molar-refractivity contribution is 7.80. The molecule has 0 heterocycles. The van der Waals surface area contributed by atoms with Gasteiger partial charge in [0.25, 0.3) is 0 Å². The van der Waals surface area contributed by atoms with Crippen LogP contribution >= 0.6 is 12.2 Å². The lowest BCUT2D eigenvalue weighted by Crippen LogP contribution is -2.37. The SMILES string of the molecule is CCN(CC)CCCNC(=S)NCCCOC. The van der Waals surface area contributed by atoms with Crippen molar-refractivity contribution in [3.63, 3.8) is 0 Å². The summed E-state index contributed by atoms with van der Waals surface area (Å²) in [6, 6.07) is 0.